The van der Waals surface area contributed by atoms with Gasteiger partial charge in [-0.2, -0.15) is 0 Å². The number of carbonyl (C=O) groups is 1. The van der Waals surface area contributed by atoms with Gasteiger partial charge in [-0.1, -0.05) is 6.07 Å². The number of methoxy groups -OCH3 is 1. The highest BCUT2D eigenvalue weighted by Gasteiger charge is 2.24. The Morgan fingerprint density at radius 2 is 2.24 bits per heavy atom. The third-order valence-electron chi connectivity index (χ3n) is 4.04. The second-order valence-corrected chi connectivity index (χ2v) is 5.52. The van der Waals surface area contributed by atoms with Crippen molar-refractivity contribution >= 4 is 18.3 Å². The normalized spacial score (nSPS) is 18.0. The smallest absolute Gasteiger partial charge is 0.253 e. The van der Waals surface area contributed by atoms with Crippen LogP contribution in [-0.4, -0.2) is 37.6 Å². The lowest BCUT2D eigenvalue weighted by atomic mass is 9.94. The Morgan fingerprint density at radius 3 is 2.90 bits per heavy atom. The Morgan fingerprint density at radius 1 is 1.48 bits per heavy atom. The molecule has 118 valence electrons. The van der Waals surface area contributed by atoms with Crippen molar-refractivity contribution in [1.29, 1.82) is 0 Å². The second kappa shape index (κ2) is 8.25. The Hall–Kier alpha value is -1.26. The highest BCUT2D eigenvalue weighted by molar-refractivity contribution is 5.94. The highest BCUT2D eigenvalue weighted by Crippen LogP contribution is 2.23. The van der Waals surface area contributed by atoms with E-state index in [-0.39, 0.29) is 18.3 Å². The Balaban J connectivity index is 0.00000220. The van der Waals surface area contributed by atoms with Gasteiger partial charge in [-0.05, 0) is 56.3 Å². The van der Waals surface area contributed by atoms with Crippen molar-refractivity contribution < 1.29 is 9.53 Å². The lowest BCUT2D eigenvalue weighted by Gasteiger charge is -2.32. The quantitative estimate of drug-likeness (QED) is 0.930. The molecule has 4 nitrogen and oxygen atoms in total. The minimum Gasteiger partial charge on any atom is -0.496 e. The zero-order chi connectivity index (χ0) is 14.5. The van der Waals surface area contributed by atoms with Crippen LogP contribution in [0.4, 0.5) is 0 Å². The van der Waals surface area contributed by atoms with Gasteiger partial charge in [-0.25, -0.2) is 0 Å². The number of halogens is 1. The molecule has 0 aliphatic carbocycles. The molecule has 1 aromatic rings. The predicted molar refractivity (Wildman–Crippen MR) is 87.3 cm³/mol. The molecule has 2 N–H and O–H groups in total. The van der Waals surface area contributed by atoms with Crippen molar-refractivity contribution in [3.63, 3.8) is 0 Å². The molecule has 1 aliphatic heterocycles. The van der Waals surface area contributed by atoms with E-state index in [1.54, 1.807) is 7.11 Å². The van der Waals surface area contributed by atoms with Crippen molar-refractivity contribution in [3.05, 3.63) is 29.3 Å². The SMILES string of the molecule is COc1cc(C(=O)N2CCCC(CCN)C2)ccc1C.Cl. The molecule has 1 saturated heterocycles. The third kappa shape index (κ3) is 4.35. The van der Waals surface area contributed by atoms with Crippen LogP contribution in [0.1, 0.15) is 35.2 Å². The number of nitrogens with two attached hydrogens (primary N) is 1. The first-order valence-electron chi connectivity index (χ1n) is 7.29. The third-order valence-corrected chi connectivity index (χ3v) is 4.04. The first kappa shape index (κ1) is 17.8. The molecule has 0 spiro atoms. The van der Waals surface area contributed by atoms with Crippen LogP contribution in [0.25, 0.3) is 0 Å². The number of benzene rings is 1. The van der Waals surface area contributed by atoms with E-state index in [0.29, 0.717) is 18.0 Å². The van der Waals surface area contributed by atoms with E-state index >= 15 is 0 Å². The maximum absolute atomic E-state index is 12.6. The molecule has 1 atom stereocenters. The minimum atomic E-state index is 0. The van der Waals surface area contributed by atoms with Gasteiger partial charge in [-0.15, -0.1) is 12.4 Å². The van der Waals surface area contributed by atoms with Gasteiger partial charge in [0.05, 0.1) is 7.11 Å². The van der Waals surface area contributed by atoms with Gasteiger partial charge in [0.25, 0.3) is 5.91 Å². The summed E-state index contributed by atoms with van der Waals surface area (Å²) in [5, 5.41) is 0. The number of piperidine rings is 1. The van der Waals surface area contributed by atoms with E-state index in [0.717, 1.165) is 37.2 Å². The van der Waals surface area contributed by atoms with Gasteiger partial charge in [-0.3, -0.25) is 4.79 Å². The molecule has 1 amide bonds. The van der Waals surface area contributed by atoms with Crippen LogP contribution in [0, 0.1) is 12.8 Å². The fraction of sp³-hybridized carbons (Fsp3) is 0.562. The van der Waals surface area contributed by atoms with Gasteiger partial charge >= 0.3 is 0 Å². The number of hydrogen-bond acceptors (Lipinski definition) is 3. The number of ether oxygens (including phenoxy) is 1. The van der Waals surface area contributed by atoms with Crippen molar-refractivity contribution in [2.75, 3.05) is 26.7 Å². The van der Waals surface area contributed by atoms with Crippen LogP contribution in [0.3, 0.4) is 0 Å². The summed E-state index contributed by atoms with van der Waals surface area (Å²) in [7, 11) is 1.63. The van der Waals surface area contributed by atoms with Gasteiger partial charge in [0.15, 0.2) is 0 Å². The van der Waals surface area contributed by atoms with E-state index in [1.165, 1.54) is 6.42 Å². The topological polar surface area (TPSA) is 55.6 Å². The van der Waals surface area contributed by atoms with E-state index in [4.69, 9.17) is 10.5 Å². The lowest BCUT2D eigenvalue weighted by Crippen LogP contribution is -2.40. The van der Waals surface area contributed by atoms with E-state index in [1.807, 2.05) is 30.0 Å². The molecule has 0 saturated carbocycles. The Bertz CT molecular complexity index is 477. The maximum atomic E-state index is 12.6. The molecule has 1 aliphatic rings. The molecule has 1 fully saturated rings. The van der Waals surface area contributed by atoms with E-state index in [2.05, 4.69) is 0 Å². The monoisotopic (exact) mass is 312 g/mol. The van der Waals surface area contributed by atoms with Gasteiger partial charge < -0.3 is 15.4 Å². The number of hydrogen-bond donors (Lipinski definition) is 1. The largest absolute Gasteiger partial charge is 0.496 e. The fourth-order valence-electron chi connectivity index (χ4n) is 2.86. The number of nitrogens with zero attached hydrogens (tertiary/aromatic N) is 1. The van der Waals surface area contributed by atoms with E-state index < -0.39 is 0 Å². The maximum Gasteiger partial charge on any atom is 0.253 e. The Labute approximate surface area is 133 Å². The van der Waals surface area contributed by atoms with Crippen LogP contribution in [0.15, 0.2) is 18.2 Å². The van der Waals surface area contributed by atoms with Crippen molar-refractivity contribution in [3.8, 4) is 5.75 Å². The van der Waals surface area contributed by atoms with Gasteiger partial charge in [0, 0.05) is 18.7 Å². The van der Waals surface area contributed by atoms with Crippen LogP contribution < -0.4 is 10.5 Å². The summed E-state index contributed by atoms with van der Waals surface area (Å²) in [5.74, 6) is 1.42. The first-order chi connectivity index (χ1) is 9.65. The summed E-state index contributed by atoms with van der Waals surface area (Å²) in [5.41, 5.74) is 7.38. The van der Waals surface area contributed by atoms with E-state index in [9.17, 15) is 4.79 Å². The highest BCUT2D eigenvalue weighted by atomic mass is 35.5. The van der Waals surface area contributed by atoms with Crippen molar-refractivity contribution in [2.24, 2.45) is 11.7 Å². The average Bonchev–Trinajstić information content (AvgIpc) is 2.48. The fourth-order valence-corrected chi connectivity index (χ4v) is 2.86. The molecule has 5 heteroatoms. The minimum absolute atomic E-state index is 0. The van der Waals surface area contributed by atoms with Crippen LogP contribution in [-0.2, 0) is 0 Å². The van der Waals surface area contributed by atoms with Crippen LogP contribution >= 0.6 is 12.4 Å². The molecule has 1 heterocycles. The van der Waals surface area contributed by atoms with Crippen LogP contribution in [0.2, 0.25) is 0 Å². The molecule has 0 bridgehead atoms. The molecule has 0 radical (unpaired) electrons. The van der Waals surface area contributed by atoms with Gasteiger partial charge in [0.2, 0.25) is 0 Å². The van der Waals surface area contributed by atoms with Crippen LogP contribution in [0.5, 0.6) is 5.75 Å². The van der Waals surface area contributed by atoms with Gasteiger partial charge in [0.1, 0.15) is 5.75 Å². The molecular formula is C16H25ClN2O2. The Kier molecular flexibility index (Phi) is 6.99. The number of likely N-dealkylation sites (tertiary alicyclic amines) is 1. The lowest BCUT2D eigenvalue weighted by molar-refractivity contribution is 0.0669. The second-order valence-electron chi connectivity index (χ2n) is 5.52. The number of rotatable bonds is 4. The number of carbonyl (C=O) groups excluding carboxylic acids is 1. The average molecular weight is 313 g/mol. The molecular weight excluding hydrogens is 288 g/mol. The first-order valence-corrected chi connectivity index (χ1v) is 7.29. The molecule has 2 rings (SSSR count). The molecule has 1 aromatic carbocycles. The number of aryl methyl sites for hydroxylation is 1. The number of amides is 1. The summed E-state index contributed by atoms with van der Waals surface area (Å²) < 4.78 is 5.30. The molecule has 21 heavy (non-hydrogen) atoms. The van der Waals surface area contributed by atoms with Crippen molar-refractivity contribution in [1.82, 2.24) is 4.90 Å². The molecule has 0 aromatic heterocycles. The molecule has 1 unspecified atom stereocenters. The summed E-state index contributed by atoms with van der Waals surface area (Å²) >= 11 is 0. The summed E-state index contributed by atoms with van der Waals surface area (Å²) in [6.45, 7) is 4.35. The summed E-state index contributed by atoms with van der Waals surface area (Å²) in [6, 6.07) is 5.66. The predicted octanol–water partition coefficient (Wildman–Crippen LogP) is 2.63. The van der Waals surface area contributed by atoms with Crippen molar-refractivity contribution in [2.45, 2.75) is 26.2 Å². The zero-order valence-corrected chi connectivity index (χ0v) is 13.6. The standard InChI is InChI=1S/C16H24N2O2.ClH/c1-12-5-6-14(10-15(12)20-2)16(19)18-9-3-4-13(11-18)7-8-17;/h5-6,10,13H,3-4,7-9,11,17H2,1-2H3;1H. The summed E-state index contributed by atoms with van der Waals surface area (Å²) in [4.78, 5) is 14.5. The summed E-state index contributed by atoms with van der Waals surface area (Å²) in [6.07, 6.45) is 3.25. The zero-order valence-electron chi connectivity index (χ0n) is 12.8.